The van der Waals surface area contributed by atoms with Crippen molar-refractivity contribution in [3.63, 3.8) is 0 Å². The second kappa shape index (κ2) is 26.9. The van der Waals surface area contributed by atoms with Crippen LogP contribution in [0.5, 0.6) is 0 Å². The molecule has 2 fully saturated rings. The van der Waals surface area contributed by atoms with E-state index in [1.54, 1.807) is 13.8 Å². The molecular formula is C22H39Cl4N2NaO3S4. The van der Waals surface area contributed by atoms with Gasteiger partial charge in [-0.1, -0.05) is 77.0 Å². The molecule has 0 bridgehead atoms. The van der Waals surface area contributed by atoms with E-state index in [0.29, 0.717) is 17.2 Å². The van der Waals surface area contributed by atoms with Crippen molar-refractivity contribution in [2.75, 3.05) is 26.2 Å². The van der Waals surface area contributed by atoms with Crippen molar-refractivity contribution < 1.29 is 44.3 Å². The molecule has 36 heavy (non-hydrogen) atoms. The molecule has 0 aromatic rings. The van der Waals surface area contributed by atoms with Crippen LogP contribution in [-0.2, 0) is 22.2 Å². The molecular weight excluding hydrogens is 633 g/mol. The van der Waals surface area contributed by atoms with Crippen LogP contribution >= 0.6 is 83.4 Å². The fourth-order valence-corrected chi connectivity index (χ4v) is 4.71. The zero-order chi connectivity index (χ0) is 26.7. The Morgan fingerprint density at radius 1 is 0.972 bits per heavy atom. The zero-order valence-electron chi connectivity index (χ0n) is 21.9. The molecule has 14 heteroatoms. The first-order valence-electron chi connectivity index (χ1n) is 11.4. The fourth-order valence-electron chi connectivity index (χ4n) is 2.68. The number of rotatable bonds is 4. The molecule has 1 atom stereocenters. The second-order valence-electron chi connectivity index (χ2n) is 7.92. The number of piperidine rings is 2. The van der Waals surface area contributed by atoms with Gasteiger partial charge in [-0.15, -0.1) is 12.4 Å². The molecule has 0 radical (unpaired) electrons. The Morgan fingerprint density at radius 2 is 1.31 bits per heavy atom. The molecule has 0 aliphatic carbocycles. The standard InChI is InChI=1S/C11H19NO2S2.C6H11NS2.C4H8O.CHCl3.ClH.Na/c1-3-11(2,9(13)14)16-10(15)12-7-5-4-6-8-12;8-6(9)7-4-2-1-3-5-7;1-3-4(2)5;2-1(3)4;;/h3-8H2,1-2H3,(H,13,14);1-5H2,(H,8,9);3H2,1-2H3;1H;1H;/q;;;;;+1/p-1. The maximum atomic E-state index is 11.2. The van der Waals surface area contributed by atoms with Crippen molar-refractivity contribution in [2.45, 2.75) is 88.1 Å². The molecule has 208 valence electrons. The van der Waals surface area contributed by atoms with Crippen molar-refractivity contribution in [3.8, 4) is 0 Å². The molecule has 0 saturated carbocycles. The quantitative estimate of drug-likeness (QED) is 0.202. The Hall–Kier alpha value is 1.65. The number of halogens is 4. The van der Waals surface area contributed by atoms with Crippen LogP contribution in [0.3, 0.4) is 0 Å². The van der Waals surface area contributed by atoms with E-state index in [9.17, 15) is 14.7 Å². The van der Waals surface area contributed by atoms with E-state index in [4.69, 9.17) is 71.9 Å². The summed E-state index contributed by atoms with van der Waals surface area (Å²) in [5, 5.41) is 9.18. The normalized spacial score (nSPS) is 16.0. The molecule has 2 saturated heterocycles. The first-order valence-corrected chi connectivity index (χ1v) is 14.7. The number of carboxylic acid groups (broad SMARTS) is 1. The van der Waals surface area contributed by atoms with Gasteiger partial charge in [0.25, 0.3) is 0 Å². The van der Waals surface area contributed by atoms with E-state index in [1.165, 1.54) is 37.4 Å². The number of hydrogen-bond donors (Lipinski definition) is 1. The van der Waals surface area contributed by atoms with Crippen LogP contribution in [0, 0.1) is 0 Å². The van der Waals surface area contributed by atoms with Gasteiger partial charge < -0.3 is 44.5 Å². The summed E-state index contributed by atoms with van der Waals surface area (Å²) in [6.45, 7) is 11.2. The van der Waals surface area contributed by atoms with Crippen LogP contribution in [0.25, 0.3) is 0 Å². The average molecular weight is 673 g/mol. The van der Waals surface area contributed by atoms with Crippen molar-refractivity contribution in [1.82, 2.24) is 9.80 Å². The average Bonchev–Trinajstić information content (AvgIpc) is 2.80. The molecule has 2 aliphatic heterocycles. The first-order chi connectivity index (χ1) is 15.8. The molecule has 2 heterocycles. The second-order valence-corrected chi connectivity index (χ2v) is 13.1. The van der Waals surface area contributed by atoms with Crippen LogP contribution in [0.2, 0.25) is 0 Å². The van der Waals surface area contributed by atoms with Crippen molar-refractivity contribution in [1.29, 1.82) is 0 Å². The predicted molar refractivity (Wildman–Crippen MR) is 167 cm³/mol. The van der Waals surface area contributed by atoms with E-state index in [1.807, 2.05) is 13.8 Å². The Kier molecular flexibility index (Phi) is 33.3. The number of alkyl halides is 3. The molecule has 0 aromatic heterocycles. The van der Waals surface area contributed by atoms with Gasteiger partial charge in [-0.2, -0.15) is 0 Å². The van der Waals surface area contributed by atoms with Gasteiger partial charge in [0.15, 0.2) is 4.30 Å². The molecule has 5 nitrogen and oxygen atoms in total. The summed E-state index contributed by atoms with van der Waals surface area (Å²) in [6.07, 6.45) is 8.70. The Balaban J connectivity index is -0.000000217. The number of nitrogens with zero attached hydrogens (tertiary/aromatic N) is 2. The number of carbonyl (C=O) groups excluding carboxylic acids is 1. The molecule has 2 aliphatic rings. The van der Waals surface area contributed by atoms with E-state index in [-0.39, 0.29) is 47.7 Å². The van der Waals surface area contributed by atoms with Gasteiger partial charge in [-0.3, -0.25) is 4.79 Å². The van der Waals surface area contributed by atoms with Gasteiger partial charge in [0, 0.05) is 32.6 Å². The number of aliphatic carboxylic acids is 1. The largest absolute Gasteiger partial charge is 1.00 e. The van der Waals surface area contributed by atoms with E-state index < -0.39 is 15.0 Å². The summed E-state index contributed by atoms with van der Waals surface area (Å²) in [6, 6.07) is 0. The van der Waals surface area contributed by atoms with Gasteiger partial charge in [0.2, 0.25) is 0 Å². The summed E-state index contributed by atoms with van der Waals surface area (Å²) in [4.78, 5) is 25.2. The monoisotopic (exact) mass is 670 g/mol. The predicted octanol–water partition coefficient (Wildman–Crippen LogP) is 4.45. The number of carbonyl (C=O) groups is 2. The minimum atomic E-state index is -0.783. The zero-order valence-corrected chi connectivity index (χ0v) is 30.2. The number of carboxylic acids is 1. The summed E-state index contributed by atoms with van der Waals surface area (Å²) in [7, 11) is 0. The van der Waals surface area contributed by atoms with Gasteiger partial charge in [-0.05, 0) is 58.8 Å². The number of likely N-dealkylation sites (tertiary alicyclic amines) is 2. The Bertz CT molecular complexity index is 625. The summed E-state index contributed by atoms with van der Waals surface area (Å²) < 4.78 is -0.143. The van der Waals surface area contributed by atoms with Crippen molar-refractivity contribution in [2.24, 2.45) is 0 Å². The third-order valence-corrected chi connectivity index (χ3v) is 7.54. The minimum absolute atomic E-state index is 0. The van der Waals surface area contributed by atoms with E-state index >= 15 is 0 Å². The Labute approximate surface area is 282 Å². The maximum absolute atomic E-state index is 11.2. The van der Waals surface area contributed by atoms with Gasteiger partial charge in [0.05, 0.1) is 0 Å². The maximum Gasteiger partial charge on any atom is 1.00 e. The SMILES string of the molecule is CCC(C)(SC(=S)N1CCCCC1)C(=O)O.CCC(C)=O.Cl.ClC(Cl)Cl.S=C([S-])N1CCCCC1.[Na+]. The van der Waals surface area contributed by atoms with Crippen molar-refractivity contribution in [3.05, 3.63) is 0 Å². The molecule has 1 unspecified atom stereocenters. The molecule has 1 N–H and O–H groups in total. The molecule has 2 rings (SSSR count). The van der Waals surface area contributed by atoms with Crippen LogP contribution in [0.4, 0.5) is 0 Å². The summed E-state index contributed by atoms with van der Waals surface area (Å²) in [5.74, 6) is -0.524. The molecule has 0 spiro atoms. The van der Waals surface area contributed by atoms with E-state index in [2.05, 4.69) is 9.80 Å². The summed E-state index contributed by atoms with van der Waals surface area (Å²) >= 11 is 30.8. The first kappa shape index (κ1) is 44.7. The van der Waals surface area contributed by atoms with Gasteiger partial charge >= 0.3 is 35.5 Å². The number of hydrogen-bond acceptors (Lipinski definition) is 6. The van der Waals surface area contributed by atoms with Crippen LogP contribution in [-0.4, -0.2) is 70.5 Å². The third kappa shape index (κ3) is 24.7. The smallest absolute Gasteiger partial charge is 0.480 e. The van der Waals surface area contributed by atoms with Crippen molar-refractivity contribution >= 4 is 116 Å². The summed E-state index contributed by atoms with van der Waals surface area (Å²) in [5.41, 5.74) is 0. The van der Waals surface area contributed by atoms with E-state index in [0.717, 1.165) is 43.3 Å². The topological polar surface area (TPSA) is 60.9 Å². The van der Waals surface area contributed by atoms with Crippen LogP contribution < -0.4 is 29.6 Å². The fraction of sp³-hybridized carbons (Fsp3) is 0.818. The Morgan fingerprint density at radius 3 is 1.53 bits per heavy atom. The minimum Gasteiger partial charge on any atom is -0.480 e. The van der Waals surface area contributed by atoms with Gasteiger partial charge in [-0.25, -0.2) is 0 Å². The number of thiocarbonyl (C=S) groups is 2. The molecule has 0 amide bonds. The van der Waals surface area contributed by atoms with Crippen LogP contribution in [0.1, 0.15) is 79.1 Å². The van der Waals surface area contributed by atoms with Gasteiger partial charge in [0.1, 0.15) is 14.9 Å². The molecule has 0 aromatic carbocycles. The number of ketones is 1. The van der Waals surface area contributed by atoms with Crippen LogP contribution in [0.15, 0.2) is 0 Å². The number of thioether (sulfide) groups is 1. The number of Topliss-reactive ketones (excluding diaryl/α,β-unsaturated/α-hetero) is 1. The third-order valence-electron chi connectivity index (χ3n) is 5.17.